The van der Waals surface area contributed by atoms with Gasteiger partial charge in [0.25, 0.3) is 5.91 Å². The summed E-state index contributed by atoms with van der Waals surface area (Å²) in [7, 11) is 0. The van der Waals surface area contributed by atoms with E-state index in [0.717, 1.165) is 22.4 Å². The highest BCUT2D eigenvalue weighted by molar-refractivity contribution is 8.02. The number of aliphatic hydroxyl groups is 1. The Hall–Kier alpha value is -3.36. The third kappa shape index (κ3) is 5.33. The standard InChI is InChI=1S/C35H42N2O5S/c1-6-8-17-42-34(41)29-28-19-24(5)35(43-28)30(29)32(39)37(26(21-38)20-25-12-10-9-11-13-25)31(35)33(40)36(16-7-2)27-18-22(3)14-15-23(27)4/h6-7,9-15,18,24,26,28-31,38H,1-2,8,16-17,19-21H2,3-5H3/t24?,26-,28+,29-,30+,31?,35?/m1/s1. The van der Waals surface area contributed by atoms with Crippen LogP contribution in [-0.2, 0) is 25.5 Å². The molecule has 3 aliphatic heterocycles. The molecule has 3 fully saturated rings. The zero-order chi connectivity index (χ0) is 30.9. The van der Waals surface area contributed by atoms with Crippen molar-refractivity contribution in [3.63, 3.8) is 0 Å². The van der Waals surface area contributed by atoms with Gasteiger partial charge in [-0.3, -0.25) is 14.4 Å². The second-order valence-corrected chi connectivity index (χ2v) is 13.6. The van der Waals surface area contributed by atoms with Crippen molar-refractivity contribution < 1.29 is 24.2 Å². The van der Waals surface area contributed by atoms with E-state index in [9.17, 15) is 14.7 Å². The van der Waals surface area contributed by atoms with Gasteiger partial charge in [-0.25, -0.2) is 0 Å². The van der Waals surface area contributed by atoms with Crippen LogP contribution in [0.4, 0.5) is 5.69 Å². The largest absolute Gasteiger partial charge is 0.465 e. The minimum absolute atomic E-state index is 0.00659. The molecular weight excluding hydrogens is 560 g/mol. The molecule has 5 rings (SSSR count). The molecule has 0 aromatic heterocycles. The van der Waals surface area contributed by atoms with E-state index in [0.29, 0.717) is 19.3 Å². The van der Waals surface area contributed by atoms with E-state index in [-0.39, 0.29) is 48.7 Å². The van der Waals surface area contributed by atoms with E-state index < -0.39 is 28.7 Å². The summed E-state index contributed by atoms with van der Waals surface area (Å²) in [5, 5.41) is 10.7. The van der Waals surface area contributed by atoms with Gasteiger partial charge in [-0.15, -0.1) is 24.9 Å². The second kappa shape index (κ2) is 12.7. The molecule has 1 N–H and O–H groups in total. The Morgan fingerprint density at radius 1 is 1.19 bits per heavy atom. The van der Waals surface area contributed by atoms with Crippen molar-refractivity contribution in [1.82, 2.24) is 4.90 Å². The lowest BCUT2D eigenvalue weighted by Gasteiger charge is -2.42. The molecule has 8 heteroatoms. The lowest BCUT2D eigenvalue weighted by atomic mass is 9.66. The van der Waals surface area contributed by atoms with Crippen LogP contribution in [-0.4, -0.2) is 69.6 Å². The summed E-state index contributed by atoms with van der Waals surface area (Å²) in [6.07, 6.45) is 5.02. The highest BCUT2D eigenvalue weighted by Gasteiger charge is 2.77. The average Bonchev–Trinajstić information content (AvgIpc) is 3.60. The highest BCUT2D eigenvalue weighted by atomic mass is 32.2. The Balaban J connectivity index is 1.63. The molecule has 228 valence electrons. The summed E-state index contributed by atoms with van der Waals surface area (Å²) in [6.45, 7) is 13.9. The Morgan fingerprint density at radius 2 is 1.93 bits per heavy atom. The molecule has 3 saturated heterocycles. The molecule has 1 spiro atoms. The fourth-order valence-electron chi connectivity index (χ4n) is 7.47. The molecule has 0 saturated carbocycles. The Kier molecular flexibility index (Phi) is 9.18. The van der Waals surface area contributed by atoms with Crippen molar-refractivity contribution in [3.8, 4) is 0 Å². The SMILES string of the molecule is C=CCCOC(=O)[C@@H]1[C@@H]2CC(C)C3(S2)C(C(=O)N(CC=C)c2cc(C)ccc2C)N([C@@H](CO)Cc2ccccc2)C(=O)[C@H]13. The molecular formula is C35H42N2O5S. The van der Waals surface area contributed by atoms with Gasteiger partial charge in [-0.05, 0) is 61.8 Å². The minimum atomic E-state index is -0.873. The molecule has 3 aliphatic rings. The third-order valence-corrected chi connectivity index (χ3v) is 11.5. The summed E-state index contributed by atoms with van der Waals surface area (Å²) in [4.78, 5) is 46.7. The van der Waals surface area contributed by atoms with Crippen LogP contribution in [0.1, 0.15) is 36.5 Å². The van der Waals surface area contributed by atoms with Crippen molar-refractivity contribution in [2.75, 3.05) is 24.7 Å². The van der Waals surface area contributed by atoms with Crippen molar-refractivity contribution in [3.05, 3.63) is 90.5 Å². The maximum Gasteiger partial charge on any atom is 0.310 e. The molecule has 2 aromatic rings. The molecule has 2 aromatic carbocycles. The molecule has 0 aliphatic carbocycles. The van der Waals surface area contributed by atoms with Crippen LogP contribution in [0.3, 0.4) is 0 Å². The molecule has 3 heterocycles. The number of hydrogen-bond donors (Lipinski definition) is 1. The second-order valence-electron chi connectivity index (χ2n) is 12.1. The van der Waals surface area contributed by atoms with E-state index in [1.165, 1.54) is 0 Å². The monoisotopic (exact) mass is 602 g/mol. The average molecular weight is 603 g/mol. The van der Waals surface area contributed by atoms with Gasteiger partial charge in [-0.1, -0.05) is 61.5 Å². The summed E-state index contributed by atoms with van der Waals surface area (Å²) in [5.41, 5.74) is 3.68. The first-order valence-corrected chi connectivity index (χ1v) is 16.0. The number of likely N-dealkylation sites (tertiary alicyclic amines) is 1. The van der Waals surface area contributed by atoms with Crippen molar-refractivity contribution in [1.29, 1.82) is 0 Å². The van der Waals surface area contributed by atoms with Gasteiger partial charge >= 0.3 is 5.97 Å². The van der Waals surface area contributed by atoms with Gasteiger partial charge < -0.3 is 19.6 Å². The summed E-state index contributed by atoms with van der Waals surface area (Å²) >= 11 is 1.61. The van der Waals surface area contributed by atoms with Crippen LogP contribution < -0.4 is 4.90 Å². The summed E-state index contributed by atoms with van der Waals surface area (Å²) in [5.74, 6) is -2.22. The van der Waals surface area contributed by atoms with Crippen LogP contribution in [0.25, 0.3) is 0 Å². The zero-order valence-electron chi connectivity index (χ0n) is 25.3. The predicted molar refractivity (Wildman–Crippen MR) is 171 cm³/mol. The van der Waals surface area contributed by atoms with E-state index in [2.05, 4.69) is 20.1 Å². The summed E-state index contributed by atoms with van der Waals surface area (Å²) in [6, 6.07) is 14.2. The van der Waals surface area contributed by atoms with Gasteiger partial charge in [0.2, 0.25) is 5.91 Å². The quantitative estimate of drug-likeness (QED) is 0.212. The minimum Gasteiger partial charge on any atom is -0.465 e. The number of hydrogen-bond acceptors (Lipinski definition) is 6. The van der Waals surface area contributed by atoms with Crippen LogP contribution in [0, 0.1) is 31.6 Å². The number of nitrogens with zero attached hydrogens (tertiary/aromatic N) is 2. The maximum atomic E-state index is 15.0. The van der Waals surface area contributed by atoms with Gasteiger partial charge in [-0.2, -0.15) is 0 Å². The number of carbonyl (C=O) groups excluding carboxylic acids is 3. The number of fused-ring (bicyclic) bond motifs is 1. The first-order chi connectivity index (χ1) is 20.7. The number of thioether (sulfide) groups is 1. The molecule has 3 unspecified atom stereocenters. The fourth-order valence-corrected chi connectivity index (χ4v) is 9.86. The predicted octanol–water partition coefficient (Wildman–Crippen LogP) is 4.88. The number of anilines is 1. The smallest absolute Gasteiger partial charge is 0.310 e. The van der Waals surface area contributed by atoms with Crippen LogP contribution >= 0.6 is 11.8 Å². The normalized spacial score (nSPS) is 28.0. The van der Waals surface area contributed by atoms with E-state index in [1.807, 2.05) is 62.4 Å². The summed E-state index contributed by atoms with van der Waals surface area (Å²) < 4.78 is 4.82. The number of benzene rings is 2. The highest BCUT2D eigenvalue weighted by Crippen LogP contribution is 2.69. The van der Waals surface area contributed by atoms with Crippen molar-refractivity contribution in [2.24, 2.45) is 17.8 Å². The number of rotatable bonds is 12. The number of esters is 1. The lowest BCUT2D eigenvalue weighted by molar-refractivity contribution is -0.154. The maximum absolute atomic E-state index is 15.0. The molecule has 43 heavy (non-hydrogen) atoms. The molecule has 7 nitrogen and oxygen atoms in total. The zero-order valence-corrected chi connectivity index (χ0v) is 26.1. The van der Waals surface area contributed by atoms with Crippen molar-refractivity contribution in [2.45, 2.75) is 62.1 Å². The molecule has 7 atom stereocenters. The Morgan fingerprint density at radius 3 is 2.60 bits per heavy atom. The van der Waals surface area contributed by atoms with Gasteiger partial charge in [0.15, 0.2) is 0 Å². The number of amides is 2. The number of ether oxygens (including phenoxy) is 1. The van der Waals surface area contributed by atoms with E-state index >= 15 is 4.79 Å². The van der Waals surface area contributed by atoms with Crippen LogP contribution in [0.5, 0.6) is 0 Å². The first kappa shape index (κ1) is 31.1. The van der Waals surface area contributed by atoms with Gasteiger partial charge in [0.05, 0.1) is 35.8 Å². The Bertz CT molecular complexity index is 1400. The molecule has 2 amide bonds. The third-order valence-electron chi connectivity index (χ3n) is 9.41. The number of aryl methyl sites for hydroxylation is 2. The Labute approximate surface area is 259 Å². The number of carbonyl (C=O) groups is 3. The van der Waals surface area contributed by atoms with Crippen LogP contribution in [0.2, 0.25) is 0 Å². The van der Waals surface area contributed by atoms with Crippen LogP contribution in [0.15, 0.2) is 73.8 Å². The first-order valence-electron chi connectivity index (χ1n) is 15.1. The van der Waals surface area contributed by atoms with E-state index in [1.54, 1.807) is 33.7 Å². The fraction of sp³-hybridized carbons (Fsp3) is 0.457. The lowest BCUT2D eigenvalue weighted by Crippen LogP contribution is -2.59. The molecule has 0 radical (unpaired) electrons. The van der Waals surface area contributed by atoms with Gasteiger partial charge in [0.1, 0.15) is 6.04 Å². The topological polar surface area (TPSA) is 87.2 Å². The van der Waals surface area contributed by atoms with E-state index in [4.69, 9.17) is 4.74 Å². The number of aliphatic hydroxyl groups excluding tert-OH is 1. The van der Waals surface area contributed by atoms with Crippen molar-refractivity contribution >= 4 is 35.2 Å². The molecule has 2 bridgehead atoms. The van der Waals surface area contributed by atoms with Gasteiger partial charge in [0, 0.05) is 17.5 Å².